The third-order valence-corrected chi connectivity index (χ3v) is 4.79. The maximum absolute atomic E-state index is 12.5. The lowest BCUT2D eigenvalue weighted by Crippen LogP contribution is -2.26. The van der Waals surface area contributed by atoms with Gasteiger partial charge in [-0.3, -0.25) is 4.98 Å². The number of methoxy groups -OCH3 is 1. The summed E-state index contributed by atoms with van der Waals surface area (Å²) in [6, 6.07) is 4.70. The van der Waals surface area contributed by atoms with Crippen molar-refractivity contribution in [3.8, 4) is 6.07 Å². The Morgan fingerprint density at radius 3 is 2.89 bits per heavy atom. The van der Waals surface area contributed by atoms with Gasteiger partial charge >= 0.3 is 6.03 Å². The standard InChI is InChI=1S/C18H16ClN7O2/c1-28-10-18(2-3-18)16-13(9-22-15-5-14(19)25-26(15)16)24-17(27)23-12-4-11(6-20)7-21-8-12/h4-5,7-9H,2-3,10H2,1H3,(H2,23,24,27). The molecule has 4 rings (SSSR count). The zero-order valence-corrected chi connectivity index (χ0v) is 15.7. The van der Waals surface area contributed by atoms with Gasteiger partial charge < -0.3 is 15.4 Å². The Morgan fingerprint density at radius 2 is 2.18 bits per heavy atom. The molecule has 0 radical (unpaired) electrons. The van der Waals surface area contributed by atoms with Crippen LogP contribution in [0, 0.1) is 11.3 Å². The molecular formula is C18H16ClN7O2. The number of fused-ring (bicyclic) bond motifs is 1. The van der Waals surface area contributed by atoms with Crippen LogP contribution in [-0.4, -0.2) is 39.3 Å². The van der Waals surface area contributed by atoms with Crippen molar-refractivity contribution >= 4 is 34.7 Å². The summed E-state index contributed by atoms with van der Waals surface area (Å²) in [6.45, 7) is 0.494. The minimum absolute atomic E-state index is 0.254. The van der Waals surface area contributed by atoms with E-state index in [0.29, 0.717) is 34.3 Å². The van der Waals surface area contributed by atoms with E-state index in [2.05, 4.69) is 25.7 Å². The largest absolute Gasteiger partial charge is 0.384 e. The van der Waals surface area contributed by atoms with Gasteiger partial charge in [0.1, 0.15) is 6.07 Å². The quantitative estimate of drug-likeness (QED) is 0.683. The van der Waals surface area contributed by atoms with Gasteiger partial charge in [-0.1, -0.05) is 11.6 Å². The highest BCUT2D eigenvalue weighted by Gasteiger charge is 2.48. The molecule has 0 aromatic carbocycles. The fourth-order valence-corrected chi connectivity index (χ4v) is 3.41. The van der Waals surface area contributed by atoms with E-state index in [1.165, 1.54) is 18.5 Å². The molecule has 2 amide bonds. The van der Waals surface area contributed by atoms with Crippen molar-refractivity contribution in [2.45, 2.75) is 18.3 Å². The summed E-state index contributed by atoms with van der Waals surface area (Å²) >= 11 is 6.06. The van der Waals surface area contributed by atoms with Crippen molar-refractivity contribution in [1.82, 2.24) is 19.6 Å². The Morgan fingerprint density at radius 1 is 1.36 bits per heavy atom. The van der Waals surface area contributed by atoms with Crippen LogP contribution in [0.15, 0.2) is 30.7 Å². The number of carbonyl (C=O) groups is 1. The lowest BCUT2D eigenvalue weighted by atomic mass is 10.0. The number of ether oxygens (including phenoxy) is 1. The maximum atomic E-state index is 12.5. The summed E-state index contributed by atoms with van der Waals surface area (Å²) in [5.74, 6) is 0. The van der Waals surface area contributed by atoms with Crippen LogP contribution in [0.3, 0.4) is 0 Å². The van der Waals surface area contributed by atoms with E-state index >= 15 is 0 Å². The third kappa shape index (κ3) is 3.35. The molecule has 3 aromatic heterocycles. The first-order valence-electron chi connectivity index (χ1n) is 8.51. The molecule has 0 unspecified atom stereocenters. The lowest BCUT2D eigenvalue weighted by molar-refractivity contribution is 0.169. The Kier molecular flexibility index (Phi) is 4.58. The van der Waals surface area contributed by atoms with E-state index in [4.69, 9.17) is 21.6 Å². The average Bonchev–Trinajstić information content (AvgIpc) is 3.34. The molecule has 0 atom stereocenters. The van der Waals surface area contributed by atoms with Gasteiger partial charge in [0, 0.05) is 24.8 Å². The summed E-state index contributed by atoms with van der Waals surface area (Å²) < 4.78 is 7.05. The molecule has 0 spiro atoms. The van der Waals surface area contributed by atoms with E-state index in [1.54, 1.807) is 23.9 Å². The molecule has 1 aliphatic rings. The van der Waals surface area contributed by atoms with E-state index < -0.39 is 6.03 Å². The van der Waals surface area contributed by atoms with Gasteiger partial charge in [0.05, 0.1) is 41.6 Å². The Bertz CT molecular complexity index is 1100. The molecule has 1 saturated carbocycles. The first-order chi connectivity index (χ1) is 13.5. The number of nitrogens with one attached hydrogen (secondary N) is 2. The first-order valence-corrected chi connectivity index (χ1v) is 8.89. The van der Waals surface area contributed by atoms with Gasteiger partial charge in [0.25, 0.3) is 0 Å². The molecule has 3 heterocycles. The number of hydrogen-bond donors (Lipinski definition) is 2. The number of rotatable bonds is 5. The van der Waals surface area contributed by atoms with Crippen molar-refractivity contribution in [2.24, 2.45) is 0 Å². The van der Waals surface area contributed by atoms with Gasteiger partial charge in [-0.25, -0.2) is 14.3 Å². The third-order valence-electron chi connectivity index (χ3n) is 4.60. The van der Waals surface area contributed by atoms with E-state index in [9.17, 15) is 4.79 Å². The zero-order valence-electron chi connectivity index (χ0n) is 14.9. The number of nitrogens with zero attached hydrogens (tertiary/aromatic N) is 5. The summed E-state index contributed by atoms with van der Waals surface area (Å²) in [4.78, 5) is 20.8. The minimum Gasteiger partial charge on any atom is -0.384 e. The highest BCUT2D eigenvalue weighted by Crippen LogP contribution is 2.50. The van der Waals surface area contributed by atoms with Gasteiger partial charge in [-0.05, 0) is 18.9 Å². The fraction of sp³-hybridized carbons (Fsp3) is 0.278. The van der Waals surface area contributed by atoms with Crippen LogP contribution < -0.4 is 10.6 Å². The summed E-state index contributed by atoms with van der Waals surface area (Å²) in [6.07, 6.45) is 6.27. The highest BCUT2D eigenvalue weighted by molar-refractivity contribution is 6.29. The van der Waals surface area contributed by atoms with Crippen LogP contribution in [0.25, 0.3) is 5.65 Å². The van der Waals surface area contributed by atoms with Crippen molar-refractivity contribution in [1.29, 1.82) is 5.26 Å². The molecule has 10 heteroatoms. The minimum atomic E-state index is -0.481. The van der Waals surface area contributed by atoms with E-state index in [1.807, 2.05) is 6.07 Å². The fourth-order valence-electron chi connectivity index (χ4n) is 3.24. The number of nitriles is 1. The summed E-state index contributed by atoms with van der Waals surface area (Å²) in [7, 11) is 1.64. The number of amides is 2. The van der Waals surface area contributed by atoms with Crippen LogP contribution >= 0.6 is 11.6 Å². The molecular weight excluding hydrogens is 382 g/mol. The van der Waals surface area contributed by atoms with Crippen LogP contribution in [0.1, 0.15) is 24.1 Å². The maximum Gasteiger partial charge on any atom is 0.323 e. The molecule has 0 saturated heterocycles. The molecule has 9 nitrogen and oxygen atoms in total. The van der Waals surface area contributed by atoms with Gasteiger partial charge in [-0.15, -0.1) is 0 Å². The molecule has 28 heavy (non-hydrogen) atoms. The molecule has 1 fully saturated rings. The monoisotopic (exact) mass is 397 g/mol. The summed E-state index contributed by atoms with van der Waals surface area (Å²) in [5.41, 5.74) is 2.42. The number of hydrogen-bond acceptors (Lipinski definition) is 6. The normalized spacial score (nSPS) is 14.5. The second-order valence-corrected chi connectivity index (χ2v) is 7.01. The number of urea groups is 1. The topological polar surface area (TPSA) is 117 Å². The summed E-state index contributed by atoms with van der Waals surface area (Å²) in [5, 5.41) is 19.1. The van der Waals surface area contributed by atoms with E-state index in [-0.39, 0.29) is 5.41 Å². The van der Waals surface area contributed by atoms with Crippen molar-refractivity contribution in [2.75, 3.05) is 24.4 Å². The second kappa shape index (κ2) is 7.07. The Hall–Kier alpha value is -3.22. The Labute approximate surface area is 165 Å². The highest BCUT2D eigenvalue weighted by atomic mass is 35.5. The predicted molar refractivity (Wildman–Crippen MR) is 102 cm³/mol. The van der Waals surface area contributed by atoms with Crippen LogP contribution in [-0.2, 0) is 10.2 Å². The molecule has 0 bridgehead atoms. The van der Waals surface area contributed by atoms with Crippen LogP contribution in [0.2, 0.25) is 5.15 Å². The second-order valence-electron chi connectivity index (χ2n) is 6.62. The number of halogens is 1. The van der Waals surface area contributed by atoms with Crippen LogP contribution in [0.5, 0.6) is 0 Å². The number of pyridine rings is 1. The number of aromatic nitrogens is 4. The zero-order chi connectivity index (χ0) is 19.7. The SMILES string of the molecule is COCC1(c2c(NC(=O)Nc3cncc(C#N)c3)cnc3cc(Cl)nn23)CC1. The van der Waals surface area contributed by atoms with E-state index in [0.717, 1.165) is 18.5 Å². The van der Waals surface area contributed by atoms with Crippen LogP contribution in [0.4, 0.5) is 16.2 Å². The molecule has 0 aliphatic heterocycles. The predicted octanol–water partition coefficient (Wildman–Crippen LogP) is 2.97. The average molecular weight is 398 g/mol. The number of carbonyl (C=O) groups excluding carboxylic acids is 1. The van der Waals surface area contributed by atoms with Gasteiger partial charge in [0.15, 0.2) is 10.8 Å². The first kappa shape index (κ1) is 18.2. The van der Waals surface area contributed by atoms with Gasteiger partial charge in [0.2, 0.25) is 0 Å². The molecule has 2 N–H and O–H groups in total. The van der Waals surface area contributed by atoms with Gasteiger partial charge in [-0.2, -0.15) is 10.4 Å². The lowest BCUT2D eigenvalue weighted by Gasteiger charge is -2.20. The van der Waals surface area contributed by atoms with Crippen molar-refractivity contribution < 1.29 is 9.53 Å². The Balaban J connectivity index is 1.66. The van der Waals surface area contributed by atoms with Crippen molar-refractivity contribution in [3.05, 3.63) is 47.1 Å². The van der Waals surface area contributed by atoms with Crippen molar-refractivity contribution in [3.63, 3.8) is 0 Å². The molecule has 1 aliphatic carbocycles. The molecule has 3 aromatic rings. The number of anilines is 2. The smallest absolute Gasteiger partial charge is 0.323 e. The molecule has 142 valence electrons.